The van der Waals surface area contributed by atoms with Crippen LogP contribution in [0.15, 0.2) is 59.6 Å². The highest BCUT2D eigenvalue weighted by Crippen LogP contribution is 2.33. The smallest absolute Gasteiger partial charge is 0.257 e. The van der Waals surface area contributed by atoms with Crippen LogP contribution in [0.4, 0.5) is 5.69 Å². The number of amides is 1. The molecule has 7 nitrogen and oxygen atoms in total. The molecule has 1 aromatic heterocycles. The minimum Gasteiger partial charge on any atom is -0.390 e. The molecule has 0 fully saturated rings. The Morgan fingerprint density at radius 2 is 1.74 bits per heavy atom. The van der Waals surface area contributed by atoms with Gasteiger partial charge in [0, 0.05) is 41.8 Å². The number of aromatic nitrogens is 1. The van der Waals surface area contributed by atoms with Crippen LogP contribution in [-0.2, 0) is 16.4 Å². The molecular weight excluding hydrogens is 486 g/mol. The molecular formula is C26H32ClN3O4S. The van der Waals surface area contributed by atoms with Gasteiger partial charge in [-0.05, 0) is 55.3 Å². The summed E-state index contributed by atoms with van der Waals surface area (Å²) in [5.74, 6) is 0.130. The average Bonchev–Trinajstić information content (AvgIpc) is 3.09. The van der Waals surface area contributed by atoms with E-state index in [1.807, 2.05) is 29.7 Å². The SMILES string of the molecule is Cc1c(C(=O)Nc2ccc(S(C)(=O)=O)cc2)cn(CC(O)CNCC(C)C)c1-c1ccccc1Cl. The Morgan fingerprint density at radius 1 is 1.09 bits per heavy atom. The summed E-state index contributed by atoms with van der Waals surface area (Å²) >= 11 is 6.49. The van der Waals surface area contributed by atoms with E-state index in [0.29, 0.717) is 28.7 Å². The van der Waals surface area contributed by atoms with Gasteiger partial charge in [0.1, 0.15) is 0 Å². The van der Waals surface area contributed by atoms with Gasteiger partial charge in [0.15, 0.2) is 9.84 Å². The molecule has 3 N–H and O–H groups in total. The van der Waals surface area contributed by atoms with Crippen LogP contribution in [0.25, 0.3) is 11.3 Å². The van der Waals surface area contributed by atoms with E-state index < -0.39 is 15.9 Å². The maximum Gasteiger partial charge on any atom is 0.257 e. The molecule has 9 heteroatoms. The highest BCUT2D eigenvalue weighted by molar-refractivity contribution is 7.90. The number of hydrogen-bond donors (Lipinski definition) is 3. The first-order valence-electron chi connectivity index (χ1n) is 11.4. The second-order valence-electron chi connectivity index (χ2n) is 9.11. The highest BCUT2D eigenvalue weighted by atomic mass is 35.5. The number of aliphatic hydroxyl groups excluding tert-OH is 1. The zero-order valence-electron chi connectivity index (χ0n) is 20.4. The molecule has 0 saturated heterocycles. The lowest BCUT2D eigenvalue weighted by atomic mass is 10.1. The van der Waals surface area contributed by atoms with Crippen molar-refractivity contribution in [2.45, 2.75) is 38.3 Å². The third-order valence-electron chi connectivity index (χ3n) is 5.59. The fourth-order valence-electron chi connectivity index (χ4n) is 3.86. The maximum atomic E-state index is 13.2. The first-order chi connectivity index (χ1) is 16.5. The summed E-state index contributed by atoms with van der Waals surface area (Å²) in [6.45, 7) is 7.55. The number of carbonyl (C=O) groups is 1. The number of aliphatic hydroxyl groups is 1. The Bertz CT molecular complexity index is 1280. The Morgan fingerprint density at radius 3 is 2.34 bits per heavy atom. The van der Waals surface area contributed by atoms with Gasteiger partial charge in [-0.15, -0.1) is 0 Å². The van der Waals surface area contributed by atoms with Crippen LogP contribution in [-0.4, -0.2) is 49.4 Å². The van der Waals surface area contributed by atoms with Crippen LogP contribution in [0.3, 0.4) is 0 Å². The van der Waals surface area contributed by atoms with E-state index in [-0.39, 0.29) is 17.3 Å². The number of anilines is 1. The Labute approximate surface area is 212 Å². The van der Waals surface area contributed by atoms with Crippen LogP contribution in [0.2, 0.25) is 5.02 Å². The number of rotatable bonds is 10. The molecule has 1 atom stereocenters. The highest BCUT2D eigenvalue weighted by Gasteiger charge is 2.22. The van der Waals surface area contributed by atoms with E-state index in [1.54, 1.807) is 24.4 Å². The minimum absolute atomic E-state index is 0.180. The van der Waals surface area contributed by atoms with Crippen LogP contribution in [0.5, 0.6) is 0 Å². The molecule has 0 aliphatic carbocycles. The van der Waals surface area contributed by atoms with Crippen LogP contribution >= 0.6 is 11.6 Å². The minimum atomic E-state index is -3.32. The predicted octanol–water partition coefficient (Wildman–Crippen LogP) is 4.38. The molecule has 0 saturated carbocycles. The normalized spacial score (nSPS) is 12.7. The van der Waals surface area contributed by atoms with Gasteiger partial charge in [-0.3, -0.25) is 4.79 Å². The van der Waals surface area contributed by atoms with E-state index >= 15 is 0 Å². The zero-order valence-corrected chi connectivity index (χ0v) is 21.9. The van der Waals surface area contributed by atoms with Crippen molar-refractivity contribution in [1.82, 2.24) is 9.88 Å². The summed E-state index contributed by atoms with van der Waals surface area (Å²) in [6, 6.07) is 13.4. The van der Waals surface area contributed by atoms with Crippen molar-refractivity contribution < 1.29 is 18.3 Å². The number of halogens is 1. The first-order valence-corrected chi connectivity index (χ1v) is 13.7. The summed E-state index contributed by atoms with van der Waals surface area (Å²) in [5.41, 5.74) is 3.17. The van der Waals surface area contributed by atoms with Crippen LogP contribution < -0.4 is 10.6 Å². The standard InChI is InChI=1S/C26H32ClN3O4S/c1-17(2)13-28-14-20(31)15-30-16-23(18(3)25(30)22-7-5-6-8-24(22)27)26(32)29-19-9-11-21(12-10-19)35(4,33)34/h5-12,16-17,20,28,31H,13-15H2,1-4H3,(H,29,32). The van der Waals surface area contributed by atoms with Crippen molar-refractivity contribution >= 4 is 33.0 Å². The lowest BCUT2D eigenvalue weighted by molar-refractivity contribution is 0.102. The van der Waals surface area contributed by atoms with Crippen LogP contribution in [0, 0.1) is 12.8 Å². The molecule has 1 heterocycles. The van der Waals surface area contributed by atoms with Crippen molar-refractivity contribution in [1.29, 1.82) is 0 Å². The van der Waals surface area contributed by atoms with Gasteiger partial charge in [0.05, 0.1) is 22.3 Å². The van der Waals surface area contributed by atoms with Crippen molar-refractivity contribution in [3.05, 3.63) is 70.9 Å². The number of nitrogens with one attached hydrogen (secondary N) is 2. The zero-order chi connectivity index (χ0) is 25.8. The predicted molar refractivity (Wildman–Crippen MR) is 141 cm³/mol. The van der Waals surface area contributed by atoms with Gasteiger partial charge in [0.25, 0.3) is 5.91 Å². The van der Waals surface area contributed by atoms with Gasteiger partial charge in [-0.1, -0.05) is 43.6 Å². The molecule has 1 unspecified atom stereocenters. The number of hydrogen-bond acceptors (Lipinski definition) is 5. The number of sulfone groups is 1. The van der Waals surface area contributed by atoms with Crippen molar-refractivity contribution in [2.75, 3.05) is 24.7 Å². The van der Waals surface area contributed by atoms with E-state index in [2.05, 4.69) is 24.5 Å². The molecule has 0 bridgehead atoms. The molecule has 35 heavy (non-hydrogen) atoms. The summed E-state index contributed by atoms with van der Waals surface area (Å²) in [4.78, 5) is 13.4. The number of benzene rings is 2. The quantitative estimate of drug-likeness (QED) is 0.370. The Balaban J connectivity index is 1.91. The topological polar surface area (TPSA) is 100 Å². The summed E-state index contributed by atoms with van der Waals surface area (Å²) in [7, 11) is -3.32. The van der Waals surface area contributed by atoms with E-state index in [0.717, 1.165) is 29.6 Å². The third-order valence-corrected chi connectivity index (χ3v) is 7.04. The largest absolute Gasteiger partial charge is 0.390 e. The maximum absolute atomic E-state index is 13.2. The molecule has 0 aliphatic rings. The lowest BCUT2D eigenvalue weighted by Gasteiger charge is -2.17. The molecule has 1 amide bonds. The van der Waals surface area contributed by atoms with Gasteiger partial charge in [0.2, 0.25) is 0 Å². The fraction of sp³-hybridized carbons (Fsp3) is 0.346. The Hall–Kier alpha value is -2.65. The molecule has 3 aromatic rings. The van der Waals surface area contributed by atoms with Crippen LogP contribution in [0.1, 0.15) is 29.8 Å². The first kappa shape index (κ1) is 26.9. The van der Waals surface area contributed by atoms with Crippen molar-refractivity contribution in [3.63, 3.8) is 0 Å². The lowest BCUT2D eigenvalue weighted by Crippen LogP contribution is -2.32. The second-order valence-corrected chi connectivity index (χ2v) is 11.5. The molecule has 3 rings (SSSR count). The number of carbonyl (C=O) groups excluding carboxylic acids is 1. The van der Waals surface area contributed by atoms with Gasteiger partial charge >= 0.3 is 0 Å². The Kier molecular flexibility index (Phi) is 8.77. The van der Waals surface area contributed by atoms with Gasteiger partial charge in [-0.2, -0.15) is 0 Å². The summed E-state index contributed by atoms with van der Waals surface area (Å²) in [5, 5.41) is 17.3. The molecule has 2 aromatic carbocycles. The summed E-state index contributed by atoms with van der Waals surface area (Å²) < 4.78 is 25.3. The summed E-state index contributed by atoms with van der Waals surface area (Å²) in [6.07, 6.45) is 2.19. The van der Waals surface area contributed by atoms with Crippen molar-refractivity contribution in [3.8, 4) is 11.3 Å². The van der Waals surface area contributed by atoms with E-state index in [9.17, 15) is 18.3 Å². The van der Waals surface area contributed by atoms with Gasteiger partial charge < -0.3 is 20.3 Å². The third kappa shape index (κ3) is 6.95. The monoisotopic (exact) mass is 517 g/mol. The molecule has 188 valence electrons. The van der Waals surface area contributed by atoms with Crippen molar-refractivity contribution in [2.24, 2.45) is 5.92 Å². The second kappa shape index (κ2) is 11.4. The molecule has 0 spiro atoms. The molecule has 0 radical (unpaired) electrons. The molecule has 0 aliphatic heterocycles. The van der Waals surface area contributed by atoms with E-state index in [4.69, 9.17) is 11.6 Å². The fourth-order valence-corrected chi connectivity index (χ4v) is 4.71. The van der Waals surface area contributed by atoms with Gasteiger partial charge in [-0.25, -0.2) is 8.42 Å². The average molecular weight is 518 g/mol. The number of nitrogens with zero attached hydrogens (tertiary/aromatic N) is 1. The van der Waals surface area contributed by atoms with E-state index in [1.165, 1.54) is 12.1 Å².